The van der Waals surface area contributed by atoms with Crippen molar-refractivity contribution in [3.05, 3.63) is 29.8 Å². The van der Waals surface area contributed by atoms with E-state index in [0.29, 0.717) is 6.42 Å². The van der Waals surface area contributed by atoms with E-state index in [-0.39, 0.29) is 12.1 Å². The fourth-order valence-electron chi connectivity index (χ4n) is 1.55. The molecule has 0 atom stereocenters. The second-order valence-corrected chi connectivity index (χ2v) is 4.24. The van der Waals surface area contributed by atoms with Gasteiger partial charge >= 0.3 is 5.97 Å². The molecule has 0 saturated carbocycles. The summed E-state index contributed by atoms with van der Waals surface area (Å²) in [6.45, 7) is 4.01. The number of benzene rings is 1. The van der Waals surface area contributed by atoms with Crippen LogP contribution in [0.4, 0.5) is 0 Å². The Kier molecular flexibility index (Phi) is 5.53. The highest BCUT2D eigenvalue weighted by Crippen LogP contribution is 2.15. The van der Waals surface area contributed by atoms with Crippen LogP contribution in [0.1, 0.15) is 32.3 Å². The number of aryl methyl sites for hydroxylation is 1. The molecule has 0 amide bonds. The van der Waals surface area contributed by atoms with Crippen molar-refractivity contribution in [1.29, 1.82) is 0 Å². The van der Waals surface area contributed by atoms with E-state index in [1.54, 1.807) is 0 Å². The van der Waals surface area contributed by atoms with Gasteiger partial charge in [-0.1, -0.05) is 12.1 Å². The predicted octanol–water partition coefficient (Wildman–Crippen LogP) is 2.97. The summed E-state index contributed by atoms with van der Waals surface area (Å²) in [6, 6.07) is 8.00. The van der Waals surface area contributed by atoms with Crippen LogP contribution < -0.4 is 4.74 Å². The number of rotatable bonds is 6. The van der Waals surface area contributed by atoms with Crippen molar-refractivity contribution in [3.63, 3.8) is 0 Å². The standard InChI is InChI=1S/C14H20O3/c1-11(2)17-13-9-7-12(8-10-13)5-4-6-14(15)16-3/h7-11H,4-6H2,1-3H3. The first kappa shape index (κ1) is 13.6. The van der Waals surface area contributed by atoms with Crippen LogP contribution in [0, 0.1) is 0 Å². The van der Waals surface area contributed by atoms with Gasteiger partial charge in [0.25, 0.3) is 0 Å². The molecule has 0 spiro atoms. The zero-order chi connectivity index (χ0) is 12.7. The third kappa shape index (κ3) is 5.38. The van der Waals surface area contributed by atoms with Crippen molar-refractivity contribution in [2.75, 3.05) is 7.11 Å². The van der Waals surface area contributed by atoms with Crippen molar-refractivity contribution < 1.29 is 14.3 Å². The van der Waals surface area contributed by atoms with E-state index < -0.39 is 0 Å². The first-order valence-corrected chi connectivity index (χ1v) is 5.94. The topological polar surface area (TPSA) is 35.5 Å². The molecule has 0 saturated heterocycles. The van der Waals surface area contributed by atoms with E-state index in [0.717, 1.165) is 18.6 Å². The van der Waals surface area contributed by atoms with Gasteiger partial charge in [-0.2, -0.15) is 0 Å². The first-order chi connectivity index (χ1) is 8.11. The number of esters is 1. The van der Waals surface area contributed by atoms with E-state index in [1.807, 2.05) is 38.1 Å². The normalized spacial score (nSPS) is 10.4. The minimum atomic E-state index is -0.148. The van der Waals surface area contributed by atoms with E-state index >= 15 is 0 Å². The number of methoxy groups -OCH3 is 1. The zero-order valence-corrected chi connectivity index (χ0v) is 10.7. The van der Waals surface area contributed by atoms with Gasteiger partial charge < -0.3 is 9.47 Å². The van der Waals surface area contributed by atoms with Crippen LogP contribution >= 0.6 is 0 Å². The van der Waals surface area contributed by atoms with Gasteiger partial charge in [0.15, 0.2) is 0 Å². The van der Waals surface area contributed by atoms with Gasteiger partial charge in [-0.3, -0.25) is 4.79 Å². The third-order valence-corrected chi connectivity index (χ3v) is 2.37. The number of carbonyl (C=O) groups excluding carboxylic acids is 1. The fourth-order valence-corrected chi connectivity index (χ4v) is 1.55. The molecule has 0 aliphatic rings. The lowest BCUT2D eigenvalue weighted by Gasteiger charge is -2.09. The Morgan fingerprint density at radius 2 is 1.88 bits per heavy atom. The molecule has 1 aromatic rings. The zero-order valence-electron chi connectivity index (χ0n) is 10.7. The van der Waals surface area contributed by atoms with Gasteiger partial charge in [-0.05, 0) is 44.4 Å². The van der Waals surface area contributed by atoms with Gasteiger partial charge in [0, 0.05) is 6.42 Å². The summed E-state index contributed by atoms with van der Waals surface area (Å²) < 4.78 is 10.1. The number of ether oxygens (including phenoxy) is 2. The molecular formula is C14H20O3. The molecule has 0 N–H and O–H groups in total. The molecule has 0 heterocycles. The molecule has 0 aliphatic carbocycles. The SMILES string of the molecule is COC(=O)CCCc1ccc(OC(C)C)cc1. The Hall–Kier alpha value is -1.51. The molecule has 0 bridgehead atoms. The van der Waals surface area contributed by atoms with Crippen LogP contribution in [0.5, 0.6) is 5.75 Å². The Bertz CT molecular complexity index is 341. The molecule has 0 aromatic heterocycles. The summed E-state index contributed by atoms with van der Waals surface area (Å²) in [5, 5.41) is 0. The van der Waals surface area contributed by atoms with Gasteiger partial charge in [-0.25, -0.2) is 0 Å². The summed E-state index contributed by atoms with van der Waals surface area (Å²) in [5.41, 5.74) is 1.21. The van der Waals surface area contributed by atoms with Crippen molar-refractivity contribution in [2.45, 2.75) is 39.2 Å². The highest BCUT2D eigenvalue weighted by atomic mass is 16.5. The van der Waals surface area contributed by atoms with E-state index in [9.17, 15) is 4.79 Å². The lowest BCUT2D eigenvalue weighted by Crippen LogP contribution is -2.05. The highest BCUT2D eigenvalue weighted by molar-refractivity contribution is 5.69. The van der Waals surface area contributed by atoms with Gasteiger partial charge in [0.2, 0.25) is 0 Å². The maximum Gasteiger partial charge on any atom is 0.305 e. The molecule has 0 radical (unpaired) electrons. The highest BCUT2D eigenvalue weighted by Gasteiger charge is 2.01. The summed E-state index contributed by atoms with van der Waals surface area (Å²) >= 11 is 0. The Labute approximate surface area is 103 Å². The van der Waals surface area contributed by atoms with Crippen molar-refractivity contribution >= 4 is 5.97 Å². The van der Waals surface area contributed by atoms with E-state index in [2.05, 4.69) is 4.74 Å². The predicted molar refractivity (Wildman–Crippen MR) is 67.2 cm³/mol. The van der Waals surface area contributed by atoms with E-state index in [1.165, 1.54) is 12.7 Å². The monoisotopic (exact) mass is 236 g/mol. The Morgan fingerprint density at radius 3 is 2.41 bits per heavy atom. The van der Waals surface area contributed by atoms with Crippen molar-refractivity contribution in [3.8, 4) is 5.75 Å². The number of hydrogen-bond acceptors (Lipinski definition) is 3. The fraction of sp³-hybridized carbons (Fsp3) is 0.500. The number of hydrogen-bond donors (Lipinski definition) is 0. The summed E-state index contributed by atoms with van der Waals surface area (Å²) in [6.07, 6.45) is 2.37. The van der Waals surface area contributed by atoms with E-state index in [4.69, 9.17) is 4.74 Å². The molecule has 1 rings (SSSR count). The minimum absolute atomic E-state index is 0.148. The average Bonchev–Trinajstić information content (AvgIpc) is 2.30. The molecule has 1 aromatic carbocycles. The summed E-state index contributed by atoms with van der Waals surface area (Å²) in [7, 11) is 1.42. The molecule has 3 nitrogen and oxygen atoms in total. The molecule has 3 heteroatoms. The van der Waals surface area contributed by atoms with Gasteiger partial charge in [0.1, 0.15) is 5.75 Å². The van der Waals surface area contributed by atoms with Crippen LogP contribution in [0.3, 0.4) is 0 Å². The molecular weight excluding hydrogens is 216 g/mol. The third-order valence-electron chi connectivity index (χ3n) is 2.37. The Morgan fingerprint density at radius 1 is 1.24 bits per heavy atom. The lowest BCUT2D eigenvalue weighted by molar-refractivity contribution is -0.140. The molecule has 17 heavy (non-hydrogen) atoms. The van der Waals surface area contributed by atoms with Gasteiger partial charge in [0.05, 0.1) is 13.2 Å². The van der Waals surface area contributed by atoms with Crippen molar-refractivity contribution in [1.82, 2.24) is 0 Å². The van der Waals surface area contributed by atoms with Crippen LogP contribution in [0.25, 0.3) is 0 Å². The van der Waals surface area contributed by atoms with Crippen LogP contribution in [0.2, 0.25) is 0 Å². The largest absolute Gasteiger partial charge is 0.491 e. The summed E-state index contributed by atoms with van der Waals surface area (Å²) in [4.78, 5) is 10.9. The van der Waals surface area contributed by atoms with Crippen molar-refractivity contribution in [2.24, 2.45) is 0 Å². The lowest BCUT2D eigenvalue weighted by atomic mass is 10.1. The number of carbonyl (C=O) groups is 1. The van der Waals surface area contributed by atoms with Crippen LogP contribution in [-0.4, -0.2) is 19.2 Å². The van der Waals surface area contributed by atoms with Gasteiger partial charge in [-0.15, -0.1) is 0 Å². The molecule has 0 aliphatic heterocycles. The maximum absolute atomic E-state index is 10.9. The molecule has 0 unspecified atom stereocenters. The maximum atomic E-state index is 10.9. The molecule has 0 fully saturated rings. The quantitative estimate of drug-likeness (QED) is 0.712. The first-order valence-electron chi connectivity index (χ1n) is 5.94. The van der Waals surface area contributed by atoms with Crippen LogP contribution in [0.15, 0.2) is 24.3 Å². The average molecular weight is 236 g/mol. The minimum Gasteiger partial charge on any atom is -0.491 e. The Balaban J connectivity index is 2.37. The second-order valence-electron chi connectivity index (χ2n) is 4.24. The smallest absolute Gasteiger partial charge is 0.305 e. The molecule has 94 valence electrons. The second kappa shape index (κ2) is 6.94. The summed E-state index contributed by atoms with van der Waals surface area (Å²) in [5.74, 6) is 0.737. The van der Waals surface area contributed by atoms with Crippen LogP contribution in [-0.2, 0) is 16.0 Å².